The summed E-state index contributed by atoms with van der Waals surface area (Å²) in [5.41, 5.74) is 0.538. The number of hydrogen-bond donors (Lipinski definition) is 1. The van der Waals surface area contributed by atoms with Gasteiger partial charge in [0.2, 0.25) is 0 Å². The zero-order valence-corrected chi connectivity index (χ0v) is 10.7. The number of halogens is 1. The van der Waals surface area contributed by atoms with Gasteiger partial charge in [0.1, 0.15) is 5.82 Å². The van der Waals surface area contributed by atoms with Crippen LogP contribution in [0.2, 0.25) is 0 Å². The second-order valence-electron chi connectivity index (χ2n) is 4.60. The summed E-state index contributed by atoms with van der Waals surface area (Å²) >= 11 is 0. The normalized spacial score (nSPS) is 14.5. The molecule has 1 N–H and O–H groups in total. The summed E-state index contributed by atoms with van der Waals surface area (Å²) in [5, 5.41) is 2.54. The van der Waals surface area contributed by atoms with Crippen molar-refractivity contribution in [1.82, 2.24) is 10.2 Å². The Kier molecular flexibility index (Phi) is 4.49. The van der Waals surface area contributed by atoms with Gasteiger partial charge in [-0.3, -0.25) is 9.59 Å². The van der Waals surface area contributed by atoms with Crippen LogP contribution in [0.25, 0.3) is 0 Å². The molecule has 19 heavy (non-hydrogen) atoms. The van der Waals surface area contributed by atoms with Gasteiger partial charge in [-0.05, 0) is 30.9 Å². The average Bonchev–Trinajstić information content (AvgIpc) is 2.94. The van der Waals surface area contributed by atoms with Crippen LogP contribution in [-0.2, 0) is 16.0 Å². The molecule has 102 valence electrons. The van der Waals surface area contributed by atoms with Gasteiger partial charge in [0.15, 0.2) is 0 Å². The largest absolute Gasteiger partial charge is 0.347 e. The molecule has 1 aromatic carbocycles. The minimum atomic E-state index is -0.599. The first-order valence-electron chi connectivity index (χ1n) is 6.49. The molecule has 0 bridgehead atoms. The molecule has 2 amide bonds. The first-order chi connectivity index (χ1) is 9.18. The van der Waals surface area contributed by atoms with E-state index in [9.17, 15) is 14.0 Å². The zero-order chi connectivity index (χ0) is 13.7. The van der Waals surface area contributed by atoms with Crippen molar-refractivity contribution in [2.24, 2.45) is 0 Å². The molecule has 0 aliphatic carbocycles. The molecule has 1 aliphatic rings. The first kappa shape index (κ1) is 13.5. The predicted molar refractivity (Wildman–Crippen MR) is 68.9 cm³/mol. The number of nitrogens with zero attached hydrogens (tertiary/aromatic N) is 1. The fourth-order valence-electron chi connectivity index (χ4n) is 2.15. The minimum Gasteiger partial charge on any atom is -0.347 e. The van der Waals surface area contributed by atoms with Gasteiger partial charge in [-0.15, -0.1) is 0 Å². The van der Waals surface area contributed by atoms with E-state index in [0.717, 1.165) is 12.8 Å². The summed E-state index contributed by atoms with van der Waals surface area (Å²) in [7, 11) is 0. The molecule has 0 saturated carbocycles. The van der Waals surface area contributed by atoms with E-state index in [2.05, 4.69) is 5.32 Å². The van der Waals surface area contributed by atoms with Gasteiger partial charge in [-0.1, -0.05) is 18.2 Å². The number of carbonyl (C=O) groups excluding carboxylic acids is 2. The van der Waals surface area contributed by atoms with E-state index in [1.807, 2.05) is 0 Å². The maximum atomic E-state index is 13.3. The van der Waals surface area contributed by atoms with E-state index in [1.165, 1.54) is 6.07 Å². The molecule has 0 spiro atoms. The maximum absolute atomic E-state index is 13.3. The van der Waals surface area contributed by atoms with E-state index >= 15 is 0 Å². The summed E-state index contributed by atoms with van der Waals surface area (Å²) < 4.78 is 13.3. The third kappa shape index (κ3) is 3.53. The van der Waals surface area contributed by atoms with Crippen molar-refractivity contribution in [3.05, 3.63) is 35.6 Å². The number of nitrogens with one attached hydrogen (secondary N) is 1. The molecule has 1 heterocycles. The van der Waals surface area contributed by atoms with Crippen LogP contribution in [0.1, 0.15) is 18.4 Å². The molecule has 4 nitrogen and oxygen atoms in total. The van der Waals surface area contributed by atoms with E-state index in [4.69, 9.17) is 0 Å². The van der Waals surface area contributed by atoms with Gasteiger partial charge in [0, 0.05) is 19.6 Å². The smallest absolute Gasteiger partial charge is 0.311 e. The van der Waals surface area contributed by atoms with E-state index < -0.39 is 11.8 Å². The predicted octanol–water partition coefficient (Wildman–Crippen LogP) is 1.11. The van der Waals surface area contributed by atoms with Crippen LogP contribution in [0.5, 0.6) is 0 Å². The SMILES string of the molecule is O=C(NCCc1ccccc1F)C(=O)N1CCCC1. The average molecular weight is 264 g/mol. The molecule has 1 aliphatic heterocycles. The molecule has 5 heteroatoms. The second-order valence-corrected chi connectivity index (χ2v) is 4.60. The fourth-order valence-corrected chi connectivity index (χ4v) is 2.15. The zero-order valence-electron chi connectivity index (χ0n) is 10.7. The molecule has 0 atom stereocenters. The molecule has 2 rings (SSSR count). The number of carbonyl (C=O) groups is 2. The van der Waals surface area contributed by atoms with E-state index in [-0.39, 0.29) is 12.4 Å². The van der Waals surface area contributed by atoms with Crippen LogP contribution >= 0.6 is 0 Å². The highest BCUT2D eigenvalue weighted by atomic mass is 19.1. The summed E-state index contributed by atoms with van der Waals surface area (Å²) in [6, 6.07) is 6.42. The van der Waals surface area contributed by atoms with Gasteiger partial charge in [-0.25, -0.2) is 4.39 Å². The van der Waals surface area contributed by atoms with Crippen LogP contribution in [0.3, 0.4) is 0 Å². The van der Waals surface area contributed by atoms with Gasteiger partial charge in [0.25, 0.3) is 0 Å². The number of benzene rings is 1. The molecule has 0 aromatic heterocycles. The highest BCUT2D eigenvalue weighted by Gasteiger charge is 2.23. The molecular weight excluding hydrogens is 247 g/mol. The third-order valence-corrected chi connectivity index (χ3v) is 3.23. The van der Waals surface area contributed by atoms with Gasteiger partial charge >= 0.3 is 11.8 Å². The van der Waals surface area contributed by atoms with Gasteiger partial charge in [0.05, 0.1) is 0 Å². The Morgan fingerprint density at radius 1 is 1.21 bits per heavy atom. The Morgan fingerprint density at radius 3 is 2.58 bits per heavy atom. The van der Waals surface area contributed by atoms with Crippen molar-refractivity contribution < 1.29 is 14.0 Å². The van der Waals surface area contributed by atoms with Crippen molar-refractivity contribution >= 4 is 11.8 Å². The van der Waals surface area contributed by atoms with Crippen molar-refractivity contribution in [2.75, 3.05) is 19.6 Å². The summed E-state index contributed by atoms with van der Waals surface area (Å²) in [4.78, 5) is 24.9. The van der Waals surface area contributed by atoms with Crippen LogP contribution in [0.15, 0.2) is 24.3 Å². The topological polar surface area (TPSA) is 49.4 Å². The lowest BCUT2D eigenvalue weighted by Gasteiger charge is -2.14. The van der Waals surface area contributed by atoms with Crippen molar-refractivity contribution in [3.63, 3.8) is 0 Å². The van der Waals surface area contributed by atoms with Gasteiger partial charge < -0.3 is 10.2 Å². The van der Waals surface area contributed by atoms with Crippen LogP contribution in [0, 0.1) is 5.82 Å². The van der Waals surface area contributed by atoms with Crippen molar-refractivity contribution in [2.45, 2.75) is 19.3 Å². The first-order valence-corrected chi connectivity index (χ1v) is 6.49. The van der Waals surface area contributed by atoms with Crippen LogP contribution < -0.4 is 5.32 Å². The number of amides is 2. The highest BCUT2D eigenvalue weighted by molar-refractivity contribution is 6.35. The summed E-state index contributed by atoms with van der Waals surface area (Å²) in [6.07, 6.45) is 2.29. The highest BCUT2D eigenvalue weighted by Crippen LogP contribution is 2.08. The Balaban J connectivity index is 1.77. The third-order valence-electron chi connectivity index (χ3n) is 3.23. The maximum Gasteiger partial charge on any atom is 0.311 e. The monoisotopic (exact) mass is 264 g/mol. The van der Waals surface area contributed by atoms with Crippen molar-refractivity contribution in [3.8, 4) is 0 Å². The molecular formula is C14H17FN2O2. The molecule has 0 radical (unpaired) electrons. The van der Waals surface area contributed by atoms with E-state index in [1.54, 1.807) is 23.1 Å². The Hall–Kier alpha value is -1.91. The number of likely N-dealkylation sites (tertiary alicyclic amines) is 1. The van der Waals surface area contributed by atoms with E-state index in [0.29, 0.717) is 25.1 Å². The van der Waals surface area contributed by atoms with Crippen LogP contribution in [0.4, 0.5) is 4.39 Å². The Labute approximate surface area is 111 Å². The Bertz CT molecular complexity index is 470. The second kappa shape index (κ2) is 6.31. The summed E-state index contributed by atoms with van der Waals surface area (Å²) in [6.45, 7) is 1.57. The van der Waals surface area contributed by atoms with Gasteiger partial charge in [-0.2, -0.15) is 0 Å². The fraction of sp³-hybridized carbons (Fsp3) is 0.429. The molecule has 1 aromatic rings. The summed E-state index contributed by atoms with van der Waals surface area (Å²) in [5.74, 6) is -1.37. The number of rotatable bonds is 3. The van der Waals surface area contributed by atoms with Crippen molar-refractivity contribution in [1.29, 1.82) is 0 Å². The Morgan fingerprint density at radius 2 is 1.89 bits per heavy atom. The van der Waals surface area contributed by atoms with Crippen LogP contribution in [-0.4, -0.2) is 36.3 Å². The lowest BCUT2D eigenvalue weighted by molar-refractivity contribution is -0.145. The lowest BCUT2D eigenvalue weighted by atomic mass is 10.1. The quantitative estimate of drug-likeness (QED) is 0.831. The molecule has 0 unspecified atom stereocenters. The number of hydrogen-bond acceptors (Lipinski definition) is 2. The molecule has 1 fully saturated rings. The standard InChI is InChI=1S/C14H17FN2O2/c15-12-6-2-1-5-11(12)7-8-16-13(18)14(19)17-9-3-4-10-17/h1-2,5-6H,3-4,7-10H2,(H,16,18). The lowest BCUT2D eigenvalue weighted by Crippen LogP contribution is -2.42. The minimum absolute atomic E-state index is 0.263. The molecule has 1 saturated heterocycles.